The Kier molecular flexibility index (Phi) is 6.74. The number of carbonyl (C=O) groups is 2. The lowest BCUT2D eigenvalue weighted by atomic mass is 10.1. The van der Waals surface area contributed by atoms with Crippen LogP contribution in [0.15, 0.2) is 66.7 Å². The third-order valence-corrected chi connectivity index (χ3v) is 4.43. The van der Waals surface area contributed by atoms with Crippen molar-refractivity contribution in [1.82, 2.24) is 4.90 Å². The average molecular weight is 433 g/mol. The van der Waals surface area contributed by atoms with Gasteiger partial charge >= 0.3 is 0 Å². The van der Waals surface area contributed by atoms with Gasteiger partial charge in [-0.05, 0) is 60.2 Å². The lowest BCUT2D eigenvalue weighted by Gasteiger charge is -2.23. The van der Waals surface area contributed by atoms with Gasteiger partial charge in [0.05, 0.1) is 0 Å². The number of benzene rings is 3. The molecule has 3 aromatic rings. The maximum atomic E-state index is 13.6. The third kappa shape index (κ3) is 5.61. The molecular formula is C22H16ClF3N2O2. The summed E-state index contributed by atoms with van der Waals surface area (Å²) in [6, 6.07) is 14.6. The van der Waals surface area contributed by atoms with E-state index in [9.17, 15) is 22.8 Å². The second-order valence-electron chi connectivity index (χ2n) is 6.48. The van der Waals surface area contributed by atoms with Crippen molar-refractivity contribution >= 4 is 29.1 Å². The number of anilines is 1. The van der Waals surface area contributed by atoms with Gasteiger partial charge in [0.15, 0.2) is 11.6 Å². The summed E-state index contributed by atoms with van der Waals surface area (Å²) in [7, 11) is 0. The first kappa shape index (κ1) is 21.4. The van der Waals surface area contributed by atoms with E-state index in [1.54, 1.807) is 0 Å². The molecule has 0 fully saturated rings. The van der Waals surface area contributed by atoms with Crippen molar-refractivity contribution in [2.24, 2.45) is 0 Å². The number of nitrogens with one attached hydrogen (secondary N) is 1. The van der Waals surface area contributed by atoms with Crippen LogP contribution in [-0.2, 0) is 11.3 Å². The minimum absolute atomic E-state index is 0.144. The molecule has 154 valence electrons. The average Bonchev–Trinajstić information content (AvgIpc) is 2.70. The van der Waals surface area contributed by atoms with E-state index in [0.717, 1.165) is 18.2 Å². The minimum Gasteiger partial charge on any atom is -0.325 e. The summed E-state index contributed by atoms with van der Waals surface area (Å²) in [5, 5.41) is 2.94. The molecule has 0 unspecified atom stereocenters. The first-order valence-electron chi connectivity index (χ1n) is 8.86. The molecule has 2 amide bonds. The van der Waals surface area contributed by atoms with Gasteiger partial charge in [-0.15, -0.1) is 0 Å². The number of amides is 2. The van der Waals surface area contributed by atoms with Gasteiger partial charge in [-0.2, -0.15) is 0 Å². The maximum Gasteiger partial charge on any atom is 0.254 e. The molecule has 0 radical (unpaired) electrons. The van der Waals surface area contributed by atoms with E-state index < -0.39 is 35.8 Å². The molecule has 30 heavy (non-hydrogen) atoms. The van der Waals surface area contributed by atoms with Crippen molar-refractivity contribution in [2.45, 2.75) is 6.54 Å². The Balaban J connectivity index is 1.82. The van der Waals surface area contributed by atoms with Gasteiger partial charge in [-0.1, -0.05) is 23.7 Å². The van der Waals surface area contributed by atoms with E-state index in [1.807, 2.05) is 0 Å². The second kappa shape index (κ2) is 9.45. The quantitative estimate of drug-likeness (QED) is 0.593. The van der Waals surface area contributed by atoms with Crippen LogP contribution in [0.3, 0.4) is 0 Å². The summed E-state index contributed by atoms with van der Waals surface area (Å²) in [5.74, 6) is -3.69. The van der Waals surface area contributed by atoms with E-state index in [4.69, 9.17) is 11.6 Å². The first-order chi connectivity index (χ1) is 14.3. The van der Waals surface area contributed by atoms with E-state index in [2.05, 4.69) is 5.32 Å². The number of nitrogens with zero attached hydrogens (tertiary/aromatic N) is 1. The van der Waals surface area contributed by atoms with Crippen LogP contribution in [0, 0.1) is 17.5 Å². The fourth-order valence-corrected chi connectivity index (χ4v) is 2.90. The minimum atomic E-state index is -1.06. The van der Waals surface area contributed by atoms with Crippen LogP contribution < -0.4 is 5.32 Å². The van der Waals surface area contributed by atoms with Crippen LogP contribution in [0.1, 0.15) is 15.9 Å². The molecule has 0 spiro atoms. The SMILES string of the molecule is O=C(CN(Cc1ccc(F)c(F)c1)C(=O)c1ccc(Cl)cc1)Nc1cccc(F)c1. The van der Waals surface area contributed by atoms with Gasteiger partial charge in [0.2, 0.25) is 5.91 Å². The summed E-state index contributed by atoms with van der Waals surface area (Å²) in [5.41, 5.74) is 0.794. The third-order valence-electron chi connectivity index (χ3n) is 4.18. The van der Waals surface area contributed by atoms with Crippen molar-refractivity contribution in [2.75, 3.05) is 11.9 Å². The predicted molar refractivity (Wildman–Crippen MR) is 108 cm³/mol. The number of hydrogen-bond acceptors (Lipinski definition) is 2. The molecule has 0 bridgehead atoms. The molecule has 0 aliphatic carbocycles. The van der Waals surface area contributed by atoms with Crippen molar-refractivity contribution in [3.8, 4) is 0 Å². The zero-order valence-corrected chi connectivity index (χ0v) is 16.3. The van der Waals surface area contributed by atoms with Crippen LogP contribution >= 0.6 is 11.6 Å². The molecule has 1 N–H and O–H groups in total. The van der Waals surface area contributed by atoms with Crippen LogP contribution in [0.4, 0.5) is 18.9 Å². The smallest absolute Gasteiger partial charge is 0.254 e. The van der Waals surface area contributed by atoms with Crippen molar-refractivity contribution in [1.29, 1.82) is 0 Å². The zero-order valence-electron chi connectivity index (χ0n) is 15.5. The van der Waals surface area contributed by atoms with Crippen molar-refractivity contribution in [3.63, 3.8) is 0 Å². The Morgan fingerprint density at radius 2 is 1.63 bits per heavy atom. The van der Waals surface area contributed by atoms with Gasteiger partial charge in [0.25, 0.3) is 5.91 Å². The topological polar surface area (TPSA) is 49.4 Å². The van der Waals surface area contributed by atoms with Crippen molar-refractivity contribution < 1.29 is 22.8 Å². The molecule has 4 nitrogen and oxygen atoms in total. The van der Waals surface area contributed by atoms with E-state index >= 15 is 0 Å². The highest BCUT2D eigenvalue weighted by atomic mass is 35.5. The molecule has 8 heteroatoms. The highest BCUT2D eigenvalue weighted by Crippen LogP contribution is 2.16. The number of carbonyl (C=O) groups excluding carboxylic acids is 2. The van der Waals surface area contributed by atoms with Gasteiger partial charge < -0.3 is 10.2 Å². The van der Waals surface area contributed by atoms with Crippen LogP contribution in [0.25, 0.3) is 0 Å². The molecule has 0 aliphatic rings. The standard InChI is InChI=1S/C22H16ClF3N2O2/c23-16-7-5-15(6-8-16)22(30)28(12-14-4-9-19(25)20(26)10-14)13-21(29)27-18-3-1-2-17(24)11-18/h1-11H,12-13H2,(H,27,29). The number of halogens is 4. The fourth-order valence-electron chi connectivity index (χ4n) is 2.77. The highest BCUT2D eigenvalue weighted by molar-refractivity contribution is 6.30. The summed E-state index contributed by atoms with van der Waals surface area (Å²) >= 11 is 5.85. The summed E-state index contributed by atoms with van der Waals surface area (Å²) < 4.78 is 40.1. The Morgan fingerprint density at radius 3 is 2.30 bits per heavy atom. The van der Waals surface area contributed by atoms with Crippen molar-refractivity contribution in [3.05, 3.63) is 100 Å². The summed E-state index contributed by atoms with van der Waals surface area (Å²) in [6.07, 6.45) is 0. The monoisotopic (exact) mass is 432 g/mol. The Bertz CT molecular complexity index is 1070. The molecule has 0 atom stereocenters. The number of rotatable bonds is 6. The lowest BCUT2D eigenvalue weighted by molar-refractivity contribution is -0.117. The Morgan fingerprint density at radius 1 is 0.900 bits per heavy atom. The normalized spacial score (nSPS) is 10.5. The summed E-state index contributed by atoms with van der Waals surface area (Å²) in [4.78, 5) is 26.6. The highest BCUT2D eigenvalue weighted by Gasteiger charge is 2.20. The second-order valence-corrected chi connectivity index (χ2v) is 6.91. The maximum absolute atomic E-state index is 13.6. The van der Waals surface area contributed by atoms with Crippen LogP contribution in [0.2, 0.25) is 5.02 Å². The molecule has 0 aromatic heterocycles. The van der Waals surface area contributed by atoms with Gasteiger partial charge in [-0.25, -0.2) is 13.2 Å². The molecule has 0 saturated carbocycles. The first-order valence-corrected chi connectivity index (χ1v) is 9.24. The zero-order chi connectivity index (χ0) is 21.7. The molecule has 0 heterocycles. The van der Waals surface area contributed by atoms with Gasteiger partial charge in [0, 0.05) is 22.8 Å². The van der Waals surface area contributed by atoms with E-state index in [0.29, 0.717) is 10.6 Å². The van der Waals surface area contributed by atoms with E-state index in [1.165, 1.54) is 53.4 Å². The van der Waals surface area contributed by atoms with Crippen LogP contribution in [0.5, 0.6) is 0 Å². The van der Waals surface area contributed by atoms with Gasteiger partial charge in [0.1, 0.15) is 12.4 Å². The van der Waals surface area contributed by atoms with Gasteiger partial charge in [-0.3, -0.25) is 9.59 Å². The Hall–Kier alpha value is -3.32. The molecule has 0 aliphatic heterocycles. The number of hydrogen-bond donors (Lipinski definition) is 1. The molecule has 3 aromatic carbocycles. The molecule has 0 saturated heterocycles. The largest absolute Gasteiger partial charge is 0.325 e. The van der Waals surface area contributed by atoms with E-state index in [-0.39, 0.29) is 17.8 Å². The van der Waals surface area contributed by atoms with Crippen LogP contribution in [-0.4, -0.2) is 23.3 Å². The molecule has 3 rings (SSSR count). The predicted octanol–water partition coefficient (Wildman–Crippen LogP) is 5.04. The lowest BCUT2D eigenvalue weighted by Crippen LogP contribution is -2.37. The summed E-state index contributed by atoms with van der Waals surface area (Å²) in [6.45, 7) is -0.536. The fraction of sp³-hybridized carbons (Fsp3) is 0.0909. The Labute approximate surface area is 175 Å². The molecular weight excluding hydrogens is 417 g/mol.